The summed E-state index contributed by atoms with van der Waals surface area (Å²) in [4.78, 5) is 21.7. The van der Waals surface area contributed by atoms with Crippen molar-refractivity contribution in [2.75, 3.05) is 40.1 Å². The molecular weight excluding hydrogens is 428 g/mol. The molecule has 1 rings (SSSR count). The van der Waals surface area contributed by atoms with Gasteiger partial charge in [0.2, 0.25) is 0 Å². The van der Waals surface area contributed by atoms with Gasteiger partial charge in [0.15, 0.2) is 0 Å². The Bertz CT molecular complexity index is 712. The Morgan fingerprint density at radius 1 is 0.879 bits per heavy atom. The van der Waals surface area contributed by atoms with E-state index in [1.54, 1.807) is 32.2 Å². The quantitative estimate of drug-likeness (QED) is 0.218. The molecule has 0 saturated carbocycles. The second-order valence-electron chi connectivity index (χ2n) is 5.74. The van der Waals surface area contributed by atoms with Crippen LogP contribution in [0.5, 0.6) is 0 Å². The Hall–Kier alpha value is -3.68. The summed E-state index contributed by atoms with van der Waals surface area (Å²) in [5.41, 5.74) is 1.25. The lowest BCUT2D eigenvalue weighted by atomic mass is 10.1. The lowest BCUT2D eigenvalue weighted by molar-refractivity contribution is -0.141. The minimum Gasteiger partial charge on any atom is -0.505 e. The smallest absolute Gasteiger partial charge is 0.338 e. The van der Waals surface area contributed by atoms with Crippen LogP contribution < -0.4 is 0 Å². The molecule has 0 fully saturated rings. The fraction of sp³-hybridized carbons (Fsp3) is 0.360. The number of methoxy groups -OCH3 is 1. The summed E-state index contributed by atoms with van der Waals surface area (Å²) in [6.07, 6.45) is 4.82. The molecule has 184 valence electrons. The van der Waals surface area contributed by atoms with E-state index in [9.17, 15) is 9.59 Å². The molecule has 1 aromatic rings. The predicted octanol–water partition coefficient (Wildman–Crippen LogP) is 4.89. The van der Waals surface area contributed by atoms with Crippen molar-refractivity contribution in [1.29, 1.82) is 0 Å². The van der Waals surface area contributed by atoms with E-state index in [1.807, 2.05) is 6.07 Å². The summed E-state index contributed by atoms with van der Waals surface area (Å²) < 4.78 is 29.0. The van der Waals surface area contributed by atoms with Crippen molar-refractivity contribution in [3.05, 3.63) is 80.5 Å². The van der Waals surface area contributed by atoms with Crippen molar-refractivity contribution < 1.29 is 38.0 Å². The van der Waals surface area contributed by atoms with Crippen molar-refractivity contribution in [3.63, 3.8) is 0 Å². The van der Waals surface area contributed by atoms with E-state index in [0.29, 0.717) is 44.4 Å². The number of hydrogen-bond acceptors (Lipinski definition) is 8. The van der Waals surface area contributed by atoms with Crippen LogP contribution in [0.3, 0.4) is 0 Å². The average Bonchev–Trinajstić information content (AvgIpc) is 2.82. The zero-order chi connectivity index (χ0) is 25.3. The number of carbonyl (C=O) groups is 2. The fourth-order valence-corrected chi connectivity index (χ4v) is 1.86. The Morgan fingerprint density at radius 2 is 1.48 bits per heavy atom. The van der Waals surface area contributed by atoms with Crippen LogP contribution in [-0.4, -0.2) is 52.1 Å². The summed E-state index contributed by atoms with van der Waals surface area (Å²) in [6, 6.07) is 7.02. The van der Waals surface area contributed by atoms with E-state index in [2.05, 4.69) is 40.5 Å². The first-order valence-electron chi connectivity index (χ1n) is 10.2. The number of carbonyl (C=O) groups excluding carboxylic acids is 2. The van der Waals surface area contributed by atoms with Gasteiger partial charge in [0, 0.05) is 18.9 Å². The number of hydrogen-bond donors (Lipinski definition) is 0. The lowest BCUT2D eigenvalue weighted by Crippen LogP contribution is -2.05. The largest absolute Gasteiger partial charge is 0.505 e. The topological polar surface area (TPSA) is 89.5 Å². The number of esters is 2. The van der Waals surface area contributed by atoms with Crippen molar-refractivity contribution in [2.24, 2.45) is 0 Å². The second kappa shape index (κ2) is 23.0. The van der Waals surface area contributed by atoms with E-state index in [0.717, 1.165) is 12.0 Å². The van der Waals surface area contributed by atoms with Gasteiger partial charge in [-0.1, -0.05) is 38.4 Å². The Morgan fingerprint density at radius 3 is 2.03 bits per heavy atom. The molecule has 8 heteroatoms. The minimum absolute atomic E-state index is 0.289. The summed E-state index contributed by atoms with van der Waals surface area (Å²) in [5.74, 6) is -0.112. The highest BCUT2D eigenvalue weighted by molar-refractivity contribution is 5.90. The van der Waals surface area contributed by atoms with Crippen LogP contribution in [-0.2, 0) is 33.2 Å². The highest BCUT2D eigenvalue weighted by Crippen LogP contribution is 2.16. The number of benzene rings is 1. The van der Waals surface area contributed by atoms with Crippen LogP contribution >= 0.6 is 0 Å². The molecule has 0 spiro atoms. The van der Waals surface area contributed by atoms with Gasteiger partial charge in [-0.05, 0) is 19.1 Å². The number of rotatable bonds is 14. The molecular formula is C25H36O8. The summed E-state index contributed by atoms with van der Waals surface area (Å²) in [6.45, 7) is 19.1. The average molecular weight is 465 g/mol. The maximum absolute atomic E-state index is 11.6. The highest BCUT2D eigenvalue weighted by Gasteiger charge is 2.08. The van der Waals surface area contributed by atoms with Crippen LogP contribution in [0.25, 0.3) is 5.76 Å². The molecule has 0 aromatic heterocycles. The molecule has 0 aliphatic rings. The zero-order valence-electron chi connectivity index (χ0n) is 19.9. The van der Waals surface area contributed by atoms with Gasteiger partial charge in [-0.2, -0.15) is 0 Å². The molecule has 0 aliphatic carbocycles. The highest BCUT2D eigenvalue weighted by atomic mass is 16.6. The summed E-state index contributed by atoms with van der Waals surface area (Å²) >= 11 is 0. The Balaban J connectivity index is 0. The van der Waals surface area contributed by atoms with Gasteiger partial charge >= 0.3 is 11.9 Å². The van der Waals surface area contributed by atoms with Crippen LogP contribution in [0.15, 0.2) is 69.4 Å². The van der Waals surface area contributed by atoms with Gasteiger partial charge in [-0.25, -0.2) is 4.79 Å². The molecule has 0 amide bonds. The van der Waals surface area contributed by atoms with E-state index < -0.39 is 0 Å². The van der Waals surface area contributed by atoms with Crippen LogP contribution in [0.1, 0.15) is 36.2 Å². The third kappa shape index (κ3) is 20.0. The molecule has 0 radical (unpaired) electrons. The molecule has 0 atom stereocenters. The van der Waals surface area contributed by atoms with Crippen molar-refractivity contribution >= 4 is 17.7 Å². The fourth-order valence-electron chi connectivity index (χ4n) is 1.86. The van der Waals surface area contributed by atoms with Gasteiger partial charge in [0.05, 0.1) is 51.3 Å². The van der Waals surface area contributed by atoms with Crippen LogP contribution in [0.2, 0.25) is 0 Å². The van der Waals surface area contributed by atoms with Gasteiger partial charge in [-0.3, -0.25) is 4.79 Å². The Labute approximate surface area is 197 Å². The van der Waals surface area contributed by atoms with E-state index in [-0.39, 0.29) is 11.9 Å². The summed E-state index contributed by atoms with van der Waals surface area (Å²) in [5, 5.41) is 0. The van der Waals surface area contributed by atoms with Crippen LogP contribution in [0.4, 0.5) is 0 Å². The third-order valence-corrected chi connectivity index (χ3v) is 3.29. The number of ether oxygens (including phenoxy) is 6. The van der Waals surface area contributed by atoms with Gasteiger partial charge < -0.3 is 28.4 Å². The van der Waals surface area contributed by atoms with Crippen molar-refractivity contribution in [2.45, 2.75) is 20.3 Å². The molecule has 0 unspecified atom stereocenters. The predicted molar refractivity (Wildman–Crippen MR) is 128 cm³/mol. The molecule has 0 saturated heterocycles. The molecule has 0 bridgehead atoms. The van der Waals surface area contributed by atoms with Crippen molar-refractivity contribution in [1.82, 2.24) is 0 Å². The normalized spacial score (nSPS) is 8.70. The molecule has 1 aromatic carbocycles. The third-order valence-electron chi connectivity index (χ3n) is 3.29. The first-order valence-corrected chi connectivity index (χ1v) is 10.2. The standard InChI is InChI=1S/C16H20O4.C6H10O3.C3H6O/c1-4-18-10-7-11-20-13(3)14-8-6-9-15(12-14)16(17)19-5-2;1-3-8-4-5-9-6(2)7;1-3-4-2/h4,6,8-9,12H,1,3,5,7,10-11H2,2H3;3H,1,4-5H2,2H3;3H,1H2,2H3. The van der Waals surface area contributed by atoms with Crippen LogP contribution in [0, 0.1) is 0 Å². The maximum Gasteiger partial charge on any atom is 0.338 e. The zero-order valence-corrected chi connectivity index (χ0v) is 19.9. The lowest BCUT2D eigenvalue weighted by Gasteiger charge is -2.10. The molecule has 0 aliphatic heterocycles. The molecule has 0 N–H and O–H groups in total. The van der Waals surface area contributed by atoms with Gasteiger partial charge in [-0.15, -0.1) is 0 Å². The van der Waals surface area contributed by atoms with E-state index in [4.69, 9.17) is 14.2 Å². The first-order chi connectivity index (χ1) is 15.9. The van der Waals surface area contributed by atoms with Gasteiger partial charge in [0.25, 0.3) is 0 Å². The molecule has 8 nitrogen and oxygen atoms in total. The van der Waals surface area contributed by atoms with Crippen molar-refractivity contribution in [3.8, 4) is 0 Å². The van der Waals surface area contributed by atoms with E-state index in [1.165, 1.54) is 25.7 Å². The first kappa shape index (κ1) is 31.5. The molecule has 0 heterocycles. The summed E-state index contributed by atoms with van der Waals surface area (Å²) in [7, 11) is 1.56. The SMILES string of the molecule is C=COC.C=COCCCOC(=C)c1cccc(C(=O)OCC)c1.C=COCCOC(C)=O. The second-order valence-corrected chi connectivity index (χ2v) is 5.74. The Kier molecular flexibility index (Phi) is 22.0. The van der Waals surface area contributed by atoms with Gasteiger partial charge in [0.1, 0.15) is 19.0 Å². The minimum atomic E-state index is -0.346. The monoisotopic (exact) mass is 464 g/mol. The van der Waals surface area contributed by atoms with E-state index >= 15 is 0 Å². The molecule has 33 heavy (non-hydrogen) atoms. The maximum atomic E-state index is 11.6.